The van der Waals surface area contributed by atoms with Crippen LogP contribution in [0.5, 0.6) is 5.75 Å². The fourth-order valence-electron chi connectivity index (χ4n) is 1.74. The summed E-state index contributed by atoms with van der Waals surface area (Å²) in [7, 11) is 0. The van der Waals surface area contributed by atoms with Crippen molar-refractivity contribution in [1.29, 1.82) is 0 Å². The van der Waals surface area contributed by atoms with Gasteiger partial charge in [-0.2, -0.15) is 0 Å². The second kappa shape index (κ2) is 4.71. The van der Waals surface area contributed by atoms with E-state index in [0.29, 0.717) is 0 Å². The van der Waals surface area contributed by atoms with E-state index in [4.69, 9.17) is 5.11 Å². The number of hydrogen-bond donors (Lipinski definition) is 3. The van der Waals surface area contributed by atoms with E-state index in [2.05, 4.69) is 0 Å². The zero-order valence-corrected chi connectivity index (χ0v) is 9.64. The third kappa shape index (κ3) is 2.74. The average molecular weight is 242 g/mol. The van der Waals surface area contributed by atoms with E-state index in [9.17, 15) is 19.4 Å². The molecule has 1 aromatic rings. The summed E-state index contributed by atoms with van der Waals surface area (Å²) in [5.74, 6) is -2.77. The smallest absolute Gasteiger partial charge is 0.340 e. The number of aromatic hydroxyl groups is 1. The summed E-state index contributed by atoms with van der Waals surface area (Å²) in [4.78, 5) is 11.1. The summed E-state index contributed by atoms with van der Waals surface area (Å²) >= 11 is 0. The number of phenols is 1. The molecule has 4 nitrogen and oxygen atoms in total. The Morgan fingerprint density at radius 1 is 1.47 bits per heavy atom. The molecule has 0 aliphatic rings. The van der Waals surface area contributed by atoms with Crippen molar-refractivity contribution >= 4 is 5.97 Å². The molecule has 0 radical (unpaired) electrons. The van der Waals surface area contributed by atoms with Gasteiger partial charge >= 0.3 is 5.97 Å². The lowest BCUT2D eigenvalue weighted by molar-refractivity contribution is -0.161. The fraction of sp³-hybridized carbons (Fsp3) is 0.417. The van der Waals surface area contributed by atoms with Crippen LogP contribution >= 0.6 is 0 Å². The predicted octanol–water partition coefficient (Wildman–Crippen LogP) is 1.85. The van der Waals surface area contributed by atoms with Gasteiger partial charge in [-0.15, -0.1) is 0 Å². The third-order valence-corrected chi connectivity index (χ3v) is 2.46. The normalized spacial score (nSPS) is 14.6. The maximum absolute atomic E-state index is 13.1. The van der Waals surface area contributed by atoms with Crippen molar-refractivity contribution < 1.29 is 24.5 Å². The van der Waals surface area contributed by atoms with Crippen LogP contribution < -0.4 is 0 Å². The van der Waals surface area contributed by atoms with Crippen LogP contribution in [-0.2, 0) is 10.4 Å². The molecule has 1 aromatic carbocycles. The van der Waals surface area contributed by atoms with Crippen molar-refractivity contribution in [2.75, 3.05) is 0 Å². The van der Waals surface area contributed by atoms with Gasteiger partial charge < -0.3 is 15.3 Å². The van der Waals surface area contributed by atoms with Crippen molar-refractivity contribution in [2.24, 2.45) is 5.92 Å². The number of rotatable bonds is 4. The van der Waals surface area contributed by atoms with E-state index < -0.39 is 23.1 Å². The Labute approximate surface area is 98.3 Å². The van der Waals surface area contributed by atoms with Gasteiger partial charge in [-0.25, -0.2) is 9.18 Å². The molecule has 0 bridgehead atoms. The van der Waals surface area contributed by atoms with E-state index in [1.54, 1.807) is 13.8 Å². The monoisotopic (exact) mass is 242 g/mol. The fourth-order valence-corrected chi connectivity index (χ4v) is 1.74. The second-order valence-electron chi connectivity index (χ2n) is 4.42. The summed E-state index contributed by atoms with van der Waals surface area (Å²) in [6, 6.07) is 2.86. The van der Waals surface area contributed by atoms with Crippen LogP contribution in [0.3, 0.4) is 0 Å². The second-order valence-corrected chi connectivity index (χ2v) is 4.42. The number of carboxylic acid groups (broad SMARTS) is 1. The number of carboxylic acids is 1. The zero-order valence-electron chi connectivity index (χ0n) is 9.64. The molecule has 0 aliphatic heterocycles. The Hall–Kier alpha value is -1.62. The van der Waals surface area contributed by atoms with Gasteiger partial charge in [0, 0.05) is 5.56 Å². The largest absolute Gasteiger partial charge is 0.508 e. The van der Waals surface area contributed by atoms with Crippen molar-refractivity contribution in [3.8, 4) is 5.75 Å². The molecule has 1 unspecified atom stereocenters. The summed E-state index contributed by atoms with van der Waals surface area (Å²) in [6.45, 7) is 3.45. The minimum absolute atomic E-state index is 0.112. The highest BCUT2D eigenvalue weighted by Gasteiger charge is 2.40. The summed E-state index contributed by atoms with van der Waals surface area (Å²) in [5.41, 5.74) is -2.60. The minimum atomic E-state index is -2.28. The molecular weight excluding hydrogens is 227 g/mol. The van der Waals surface area contributed by atoms with Crippen molar-refractivity contribution in [1.82, 2.24) is 0 Å². The molecule has 1 atom stereocenters. The molecule has 0 amide bonds. The minimum Gasteiger partial charge on any atom is -0.508 e. The Balaban J connectivity index is 3.31. The molecule has 0 aliphatic carbocycles. The maximum atomic E-state index is 13.1. The highest BCUT2D eigenvalue weighted by atomic mass is 19.1. The first-order chi connectivity index (χ1) is 7.77. The third-order valence-electron chi connectivity index (χ3n) is 2.46. The van der Waals surface area contributed by atoms with Crippen LogP contribution in [0.1, 0.15) is 25.8 Å². The quantitative estimate of drug-likeness (QED) is 0.753. The first kappa shape index (κ1) is 13.4. The maximum Gasteiger partial charge on any atom is 0.340 e. The molecule has 0 heterocycles. The van der Waals surface area contributed by atoms with Crippen molar-refractivity contribution in [2.45, 2.75) is 25.9 Å². The van der Waals surface area contributed by atoms with Crippen LogP contribution in [0.4, 0.5) is 4.39 Å². The number of aliphatic carboxylic acids is 1. The predicted molar refractivity (Wildman–Crippen MR) is 59.1 cm³/mol. The SMILES string of the molecule is CC(C)CC(O)(C(=O)O)c1cc(F)ccc1O. The lowest BCUT2D eigenvalue weighted by Crippen LogP contribution is -2.37. The summed E-state index contributed by atoms with van der Waals surface area (Å²) in [6.07, 6.45) is -0.112. The van der Waals surface area contributed by atoms with E-state index in [-0.39, 0.29) is 17.9 Å². The molecule has 3 N–H and O–H groups in total. The summed E-state index contributed by atoms with van der Waals surface area (Å²) in [5, 5.41) is 28.7. The van der Waals surface area contributed by atoms with Gasteiger partial charge in [-0.3, -0.25) is 0 Å². The molecule has 17 heavy (non-hydrogen) atoms. The molecule has 0 saturated carbocycles. The number of halogens is 1. The molecular formula is C12H15FO4. The molecule has 1 rings (SSSR count). The first-order valence-electron chi connectivity index (χ1n) is 5.22. The molecule has 0 aromatic heterocycles. The number of hydrogen-bond acceptors (Lipinski definition) is 3. The molecule has 5 heteroatoms. The summed E-state index contributed by atoms with van der Waals surface area (Å²) < 4.78 is 13.1. The van der Waals surface area contributed by atoms with Crippen LogP contribution in [0, 0.1) is 11.7 Å². The lowest BCUT2D eigenvalue weighted by atomic mass is 9.85. The van der Waals surface area contributed by atoms with Gasteiger partial charge in [-0.1, -0.05) is 13.8 Å². The van der Waals surface area contributed by atoms with Gasteiger partial charge in [0.1, 0.15) is 11.6 Å². The van der Waals surface area contributed by atoms with E-state index in [1.165, 1.54) is 0 Å². The topological polar surface area (TPSA) is 77.8 Å². The average Bonchev–Trinajstić information content (AvgIpc) is 2.20. The van der Waals surface area contributed by atoms with Gasteiger partial charge in [0.2, 0.25) is 0 Å². The lowest BCUT2D eigenvalue weighted by Gasteiger charge is -2.26. The Bertz CT molecular complexity index is 431. The molecule has 0 saturated heterocycles. The van der Waals surface area contributed by atoms with Gasteiger partial charge in [0.25, 0.3) is 0 Å². The number of phenolic OH excluding ortho intramolecular Hbond substituents is 1. The molecule has 0 spiro atoms. The van der Waals surface area contributed by atoms with Crippen LogP contribution in [0.15, 0.2) is 18.2 Å². The Morgan fingerprint density at radius 2 is 2.06 bits per heavy atom. The first-order valence-corrected chi connectivity index (χ1v) is 5.22. The Morgan fingerprint density at radius 3 is 2.53 bits per heavy atom. The van der Waals surface area contributed by atoms with Crippen molar-refractivity contribution in [3.05, 3.63) is 29.6 Å². The molecule has 0 fully saturated rings. The van der Waals surface area contributed by atoms with E-state index in [1.807, 2.05) is 0 Å². The number of benzene rings is 1. The van der Waals surface area contributed by atoms with E-state index in [0.717, 1.165) is 18.2 Å². The van der Waals surface area contributed by atoms with Crippen LogP contribution in [0.2, 0.25) is 0 Å². The van der Waals surface area contributed by atoms with Gasteiger partial charge in [-0.05, 0) is 30.5 Å². The van der Waals surface area contributed by atoms with Gasteiger partial charge in [0.15, 0.2) is 5.60 Å². The highest BCUT2D eigenvalue weighted by molar-refractivity contribution is 5.80. The molecule has 94 valence electrons. The van der Waals surface area contributed by atoms with Gasteiger partial charge in [0.05, 0.1) is 0 Å². The number of aliphatic hydroxyl groups is 1. The number of carbonyl (C=O) groups is 1. The zero-order chi connectivity index (χ0) is 13.2. The van der Waals surface area contributed by atoms with Crippen LogP contribution in [0.25, 0.3) is 0 Å². The van der Waals surface area contributed by atoms with E-state index >= 15 is 0 Å². The van der Waals surface area contributed by atoms with Crippen molar-refractivity contribution in [3.63, 3.8) is 0 Å². The Kier molecular flexibility index (Phi) is 3.72. The standard InChI is InChI=1S/C12H15FO4/c1-7(2)6-12(17,11(15)16)9-5-8(13)3-4-10(9)14/h3-5,7,14,17H,6H2,1-2H3,(H,15,16). The van der Waals surface area contributed by atoms with Crippen LogP contribution in [-0.4, -0.2) is 21.3 Å². The highest BCUT2D eigenvalue weighted by Crippen LogP contribution is 2.35.